The Balaban J connectivity index is 1.54. The van der Waals surface area contributed by atoms with E-state index in [1.807, 2.05) is 13.0 Å². The zero-order valence-corrected chi connectivity index (χ0v) is 25.2. The molecule has 1 saturated carbocycles. The van der Waals surface area contributed by atoms with Crippen molar-refractivity contribution in [3.63, 3.8) is 0 Å². The van der Waals surface area contributed by atoms with Crippen LogP contribution in [0.3, 0.4) is 0 Å². The van der Waals surface area contributed by atoms with Crippen LogP contribution in [0.5, 0.6) is 0 Å². The van der Waals surface area contributed by atoms with Gasteiger partial charge in [0.15, 0.2) is 0 Å². The molecule has 11 heteroatoms. The molecule has 2 aromatic rings. The molecular weight excluding hydrogens is 547 g/mol. The van der Waals surface area contributed by atoms with E-state index >= 15 is 4.39 Å². The lowest BCUT2D eigenvalue weighted by molar-refractivity contribution is 0.120. The number of halogens is 1. The fourth-order valence-electron chi connectivity index (χ4n) is 4.64. The summed E-state index contributed by atoms with van der Waals surface area (Å²) in [4.78, 5) is 21.5. The number of carbonyl (C=O) groups excluding carboxylic acids is 1. The predicted octanol–water partition coefficient (Wildman–Crippen LogP) is 5.25. The Bertz CT molecular complexity index is 1400. The molecule has 0 saturated heterocycles. The summed E-state index contributed by atoms with van der Waals surface area (Å²) in [7, 11) is 0.389. The molecule has 2 aliphatic rings. The van der Waals surface area contributed by atoms with Gasteiger partial charge in [0, 0.05) is 45.0 Å². The number of benzene rings is 1. The number of carbonyl (C=O) groups is 1. The van der Waals surface area contributed by atoms with E-state index in [4.69, 9.17) is 24.5 Å². The maximum absolute atomic E-state index is 15.3. The molecule has 0 bridgehead atoms. The summed E-state index contributed by atoms with van der Waals surface area (Å²) in [5.41, 5.74) is 0.899. The molecule has 4 rings (SSSR count). The minimum atomic E-state index is -1.23. The molecule has 1 aromatic carbocycles. The van der Waals surface area contributed by atoms with E-state index in [9.17, 15) is 4.79 Å². The number of fused-ring (bicyclic) bond motifs is 1. The van der Waals surface area contributed by atoms with E-state index < -0.39 is 25.5 Å². The minimum absolute atomic E-state index is 0.0249. The molecule has 1 unspecified atom stereocenters. The number of hydrogen-bond donors (Lipinski definition) is 1. The van der Waals surface area contributed by atoms with Gasteiger partial charge >= 0.3 is 6.09 Å². The second-order valence-corrected chi connectivity index (χ2v) is 18.3. The molecule has 1 aliphatic carbocycles. The molecule has 2 heterocycles. The van der Waals surface area contributed by atoms with Crippen LogP contribution in [0.15, 0.2) is 41.5 Å². The summed E-state index contributed by atoms with van der Waals surface area (Å²) in [6.07, 6.45) is 1.50. The highest BCUT2D eigenvalue weighted by Crippen LogP contribution is 2.66. The summed E-state index contributed by atoms with van der Waals surface area (Å²) < 4.78 is 31.6. The van der Waals surface area contributed by atoms with Gasteiger partial charge in [0.25, 0.3) is 5.23 Å². The van der Waals surface area contributed by atoms with E-state index in [0.29, 0.717) is 35.6 Å². The van der Waals surface area contributed by atoms with Crippen LogP contribution in [0.25, 0.3) is 0 Å². The fraction of sp³-hybridized carbons (Fsp3) is 0.448. The van der Waals surface area contributed by atoms with Gasteiger partial charge in [0.1, 0.15) is 24.3 Å². The van der Waals surface area contributed by atoms with Crippen molar-refractivity contribution in [3.8, 4) is 17.9 Å². The number of nitrogens with one attached hydrogen (secondary N) is 1. The number of nitrogens with zero attached hydrogens (tertiary/aromatic N) is 3. The molecule has 40 heavy (non-hydrogen) atoms. The largest absolute Gasteiger partial charge is 0.416 e. The first-order chi connectivity index (χ1) is 19.0. The highest BCUT2D eigenvalue weighted by atomic mass is 32.2. The smallest absolute Gasteiger partial charge is 0.385 e. The molecule has 3 atom stereocenters. The van der Waals surface area contributed by atoms with E-state index in [2.05, 4.69) is 41.8 Å². The summed E-state index contributed by atoms with van der Waals surface area (Å²) in [5, 5.41) is 11.7. The van der Waals surface area contributed by atoms with E-state index in [0.717, 1.165) is 12.5 Å². The molecule has 1 fully saturated rings. The molecular formula is C29H33FN4O4SSi. The quantitative estimate of drug-likeness (QED) is 0.197. The number of alkyl carbamates (subject to hydrolysis) is 1. The molecule has 1 aliphatic heterocycles. The van der Waals surface area contributed by atoms with Gasteiger partial charge in [0.05, 0.1) is 22.5 Å². The number of methoxy groups -OCH3 is 1. The lowest BCUT2D eigenvalue weighted by Crippen LogP contribution is -2.38. The van der Waals surface area contributed by atoms with Crippen molar-refractivity contribution in [1.82, 2.24) is 10.3 Å². The SMILES string of the molecule is COC[C@]12CC1[C@@](C)(c1cc(C#Cc3ccc(C#N)cn3)ccc1F)N=C(OC(=O)NCOCC[Si](C)(C)C)S2. The second-order valence-electron chi connectivity index (χ2n) is 11.3. The minimum Gasteiger partial charge on any atom is -0.385 e. The van der Waals surface area contributed by atoms with Crippen molar-refractivity contribution in [2.24, 2.45) is 10.9 Å². The Labute approximate surface area is 239 Å². The number of hydrogen-bond acceptors (Lipinski definition) is 8. The van der Waals surface area contributed by atoms with Crippen LogP contribution in [0.1, 0.15) is 35.7 Å². The average Bonchev–Trinajstić information content (AvgIpc) is 3.63. The van der Waals surface area contributed by atoms with E-state index in [1.54, 1.807) is 31.4 Å². The van der Waals surface area contributed by atoms with Gasteiger partial charge in [-0.3, -0.25) is 5.32 Å². The molecule has 1 amide bonds. The summed E-state index contributed by atoms with van der Waals surface area (Å²) in [5.74, 6) is 5.54. The van der Waals surface area contributed by atoms with Gasteiger partial charge in [0.2, 0.25) is 0 Å². The number of aromatic nitrogens is 1. The van der Waals surface area contributed by atoms with Crippen molar-refractivity contribution >= 4 is 31.2 Å². The zero-order chi connectivity index (χ0) is 29.0. The van der Waals surface area contributed by atoms with Crippen LogP contribution in [-0.4, -0.2) is 56.2 Å². The summed E-state index contributed by atoms with van der Waals surface area (Å²) >= 11 is 1.35. The molecule has 1 aromatic heterocycles. The third kappa shape index (κ3) is 7.10. The maximum atomic E-state index is 15.3. The molecule has 0 radical (unpaired) electrons. The topological polar surface area (TPSA) is 106 Å². The number of thioether (sulfide) groups is 1. The van der Waals surface area contributed by atoms with Crippen molar-refractivity contribution in [1.29, 1.82) is 5.26 Å². The van der Waals surface area contributed by atoms with Crippen LogP contribution in [0.4, 0.5) is 9.18 Å². The Hall–Kier alpha value is -3.22. The maximum Gasteiger partial charge on any atom is 0.416 e. The highest BCUT2D eigenvalue weighted by Gasteiger charge is 2.67. The van der Waals surface area contributed by atoms with Gasteiger partial charge in [-0.25, -0.2) is 19.2 Å². The van der Waals surface area contributed by atoms with E-state index in [-0.39, 0.29) is 22.6 Å². The van der Waals surface area contributed by atoms with Gasteiger partial charge < -0.3 is 14.2 Å². The van der Waals surface area contributed by atoms with Crippen molar-refractivity contribution in [2.45, 2.75) is 49.3 Å². The first-order valence-corrected chi connectivity index (χ1v) is 17.5. The molecule has 210 valence electrons. The van der Waals surface area contributed by atoms with Crippen LogP contribution in [0.2, 0.25) is 25.7 Å². The third-order valence-electron chi connectivity index (χ3n) is 6.94. The normalized spacial score (nSPS) is 23.1. The number of aliphatic imine (C=N–C) groups is 1. The number of pyridine rings is 1. The molecule has 8 nitrogen and oxygen atoms in total. The van der Waals surface area contributed by atoms with Crippen LogP contribution < -0.4 is 5.32 Å². The number of nitriles is 1. The van der Waals surface area contributed by atoms with Gasteiger partial charge in [-0.05, 0) is 55.6 Å². The standard InChI is InChI=1S/C29H33FN4O4SSi/c1-28(23-14-20(8-11-24(23)30)6-9-22-10-7-21(16-31)17-32-22)25-15-29(25,18-36-2)39-27(34-28)38-26(35)33-19-37-12-13-40(3,4)5/h7-8,10-11,14,17,25H,12-13,15,18-19H2,1-5H3,(H,33,35)/t25?,28-,29-/m1/s1. The molecule has 0 spiro atoms. The Morgan fingerprint density at radius 3 is 2.70 bits per heavy atom. The summed E-state index contributed by atoms with van der Waals surface area (Å²) in [6, 6.07) is 11.0. The lowest BCUT2D eigenvalue weighted by atomic mass is 9.85. The Kier molecular flexibility index (Phi) is 9.01. The fourth-order valence-corrected chi connectivity index (χ4v) is 6.89. The number of rotatable bonds is 8. The Morgan fingerprint density at radius 1 is 1.25 bits per heavy atom. The van der Waals surface area contributed by atoms with Crippen LogP contribution in [0, 0.1) is 34.9 Å². The number of amides is 1. The van der Waals surface area contributed by atoms with Gasteiger partial charge in [-0.15, -0.1) is 0 Å². The molecule has 1 N–H and O–H groups in total. The average molecular weight is 581 g/mol. The van der Waals surface area contributed by atoms with Gasteiger partial charge in [-0.2, -0.15) is 5.26 Å². The van der Waals surface area contributed by atoms with Gasteiger partial charge in [-0.1, -0.05) is 37.3 Å². The van der Waals surface area contributed by atoms with Crippen molar-refractivity contribution < 1.29 is 23.4 Å². The van der Waals surface area contributed by atoms with Crippen LogP contribution in [-0.2, 0) is 19.7 Å². The Morgan fingerprint density at radius 2 is 2.02 bits per heavy atom. The zero-order valence-electron chi connectivity index (χ0n) is 23.3. The first kappa shape index (κ1) is 29.8. The lowest BCUT2D eigenvalue weighted by Gasteiger charge is -2.34. The van der Waals surface area contributed by atoms with E-state index in [1.165, 1.54) is 24.0 Å². The highest BCUT2D eigenvalue weighted by molar-refractivity contribution is 8.15. The van der Waals surface area contributed by atoms with Crippen molar-refractivity contribution in [3.05, 3.63) is 64.7 Å². The van der Waals surface area contributed by atoms with Crippen molar-refractivity contribution in [2.75, 3.05) is 27.1 Å². The number of ether oxygens (including phenoxy) is 3. The third-order valence-corrected chi connectivity index (χ3v) is 9.97. The summed E-state index contributed by atoms with van der Waals surface area (Å²) in [6.45, 7) is 9.64. The second kappa shape index (κ2) is 12.1. The monoisotopic (exact) mass is 580 g/mol. The predicted molar refractivity (Wildman–Crippen MR) is 155 cm³/mol. The van der Waals surface area contributed by atoms with Crippen LogP contribution >= 0.6 is 11.8 Å². The first-order valence-electron chi connectivity index (χ1n) is 13.0.